The third-order valence-corrected chi connectivity index (χ3v) is 5.13. The van der Waals surface area contributed by atoms with Gasteiger partial charge in [0.1, 0.15) is 12.3 Å². The van der Waals surface area contributed by atoms with E-state index in [0.717, 1.165) is 49.5 Å². The molecule has 0 spiro atoms. The highest BCUT2D eigenvalue weighted by Gasteiger charge is 2.38. The van der Waals surface area contributed by atoms with E-state index in [1.54, 1.807) is 4.90 Å². The van der Waals surface area contributed by atoms with Crippen LogP contribution in [0.1, 0.15) is 66.4 Å². The number of unbranched alkanes of at least 4 members (excludes halogenated alkanes) is 4. The maximum atomic E-state index is 12.8. The summed E-state index contributed by atoms with van der Waals surface area (Å²) in [6, 6.07) is 5.40. The highest BCUT2D eigenvalue weighted by molar-refractivity contribution is 6.05. The van der Waals surface area contributed by atoms with Gasteiger partial charge in [-0.1, -0.05) is 25.0 Å². The van der Waals surface area contributed by atoms with Crippen molar-refractivity contribution in [1.29, 1.82) is 0 Å². The zero-order chi connectivity index (χ0) is 18.5. The Morgan fingerprint density at radius 3 is 2.69 bits per heavy atom. The SMILES string of the molecule is O=CCCCCCCc1ccc2c(c1)C(=O)N(C1CCC(=O)NC1=O)C2. The third-order valence-electron chi connectivity index (χ3n) is 5.13. The molecule has 1 atom stereocenters. The first-order chi connectivity index (χ1) is 12.6. The summed E-state index contributed by atoms with van der Waals surface area (Å²) in [5, 5.41) is 2.32. The van der Waals surface area contributed by atoms with Gasteiger partial charge in [0.2, 0.25) is 11.8 Å². The molecule has 0 aliphatic carbocycles. The van der Waals surface area contributed by atoms with Gasteiger partial charge in [0.25, 0.3) is 5.91 Å². The van der Waals surface area contributed by atoms with Crippen LogP contribution < -0.4 is 5.32 Å². The highest BCUT2D eigenvalue weighted by atomic mass is 16.2. The zero-order valence-corrected chi connectivity index (χ0v) is 14.8. The molecule has 1 fully saturated rings. The van der Waals surface area contributed by atoms with E-state index in [2.05, 4.69) is 5.32 Å². The lowest BCUT2D eigenvalue weighted by atomic mass is 10.0. The van der Waals surface area contributed by atoms with Gasteiger partial charge >= 0.3 is 0 Å². The van der Waals surface area contributed by atoms with E-state index >= 15 is 0 Å². The molecule has 0 saturated carbocycles. The highest BCUT2D eigenvalue weighted by Crippen LogP contribution is 2.28. The number of aryl methyl sites for hydroxylation is 1. The van der Waals surface area contributed by atoms with Crippen LogP contribution in [0.25, 0.3) is 0 Å². The molecule has 138 valence electrons. The van der Waals surface area contributed by atoms with Crippen LogP contribution in [0.3, 0.4) is 0 Å². The third kappa shape index (κ3) is 4.00. The number of carbonyl (C=O) groups excluding carboxylic acids is 4. The zero-order valence-electron chi connectivity index (χ0n) is 14.8. The van der Waals surface area contributed by atoms with Gasteiger partial charge in [-0.25, -0.2) is 0 Å². The number of nitrogens with one attached hydrogen (secondary N) is 1. The van der Waals surface area contributed by atoms with Crippen LogP contribution in [-0.2, 0) is 27.3 Å². The van der Waals surface area contributed by atoms with Crippen molar-refractivity contribution >= 4 is 24.0 Å². The smallest absolute Gasteiger partial charge is 0.255 e. The first-order valence-corrected chi connectivity index (χ1v) is 9.30. The number of amides is 3. The van der Waals surface area contributed by atoms with Crippen molar-refractivity contribution < 1.29 is 19.2 Å². The standard InChI is InChI=1S/C20H24N2O4/c23-11-5-3-1-2-4-6-14-7-8-15-13-22(20(26)16(15)12-14)17-9-10-18(24)21-19(17)25/h7-8,11-12,17H,1-6,9-10,13H2,(H,21,24,25). The average molecular weight is 356 g/mol. The molecule has 0 radical (unpaired) electrons. The Kier molecular flexibility index (Phi) is 5.81. The lowest BCUT2D eigenvalue weighted by Gasteiger charge is -2.29. The van der Waals surface area contributed by atoms with Crippen molar-refractivity contribution in [3.8, 4) is 0 Å². The normalized spacial score (nSPS) is 19.5. The topological polar surface area (TPSA) is 83.6 Å². The molecule has 3 rings (SSSR count). The van der Waals surface area contributed by atoms with E-state index in [9.17, 15) is 19.2 Å². The molecule has 1 aromatic rings. The summed E-state index contributed by atoms with van der Waals surface area (Å²) < 4.78 is 0. The Balaban J connectivity index is 1.59. The second kappa shape index (κ2) is 8.25. The average Bonchev–Trinajstić information content (AvgIpc) is 2.94. The van der Waals surface area contributed by atoms with E-state index in [1.807, 2.05) is 18.2 Å². The van der Waals surface area contributed by atoms with Crippen LogP contribution in [0.15, 0.2) is 18.2 Å². The molecule has 1 N–H and O–H groups in total. The van der Waals surface area contributed by atoms with E-state index in [-0.39, 0.29) is 24.1 Å². The monoisotopic (exact) mass is 356 g/mol. The summed E-state index contributed by atoms with van der Waals surface area (Å²) in [5.74, 6) is -0.772. The fourth-order valence-corrected chi connectivity index (χ4v) is 3.67. The largest absolute Gasteiger partial charge is 0.322 e. The molecule has 2 heterocycles. The lowest BCUT2D eigenvalue weighted by Crippen LogP contribution is -2.52. The Hall–Kier alpha value is -2.50. The number of hydrogen-bond acceptors (Lipinski definition) is 4. The minimum absolute atomic E-state index is 0.123. The summed E-state index contributed by atoms with van der Waals surface area (Å²) in [6.07, 6.45) is 7.23. The second-order valence-electron chi connectivity index (χ2n) is 7.01. The van der Waals surface area contributed by atoms with Crippen molar-refractivity contribution in [2.24, 2.45) is 0 Å². The fraction of sp³-hybridized carbons (Fsp3) is 0.500. The summed E-state index contributed by atoms with van der Waals surface area (Å²) in [7, 11) is 0. The first-order valence-electron chi connectivity index (χ1n) is 9.30. The molecule has 2 aliphatic heterocycles. The number of rotatable bonds is 8. The van der Waals surface area contributed by atoms with Crippen LogP contribution in [0.4, 0.5) is 0 Å². The van der Waals surface area contributed by atoms with Crippen molar-refractivity contribution in [3.63, 3.8) is 0 Å². The van der Waals surface area contributed by atoms with Crippen LogP contribution >= 0.6 is 0 Å². The molecule has 6 heteroatoms. The van der Waals surface area contributed by atoms with E-state index < -0.39 is 6.04 Å². The van der Waals surface area contributed by atoms with Gasteiger partial charge in [0, 0.05) is 24.9 Å². The van der Waals surface area contributed by atoms with Gasteiger partial charge in [0.15, 0.2) is 0 Å². The number of carbonyl (C=O) groups is 4. The number of aldehydes is 1. The molecule has 1 unspecified atom stereocenters. The summed E-state index contributed by atoms with van der Waals surface area (Å²) in [4.78, 5) is 48.0. The lowest BCUT2D eigenvalue weighted by molar-refractivity contribution is -0.136. The molecule has 0 aromatic heterocycles. The van der Waals surface area contributed by atoms with E-state index in [1.165, 1.54) is 0 Å². The number of imide groups is 1. The first kappa shape index (κ1) is 18.3. The molecular formula is C20H24N2O4. The van der Waals surface area contributed by atoms with Gasteiger partial charge < -0.3 is 9.69 Å². The number of nitrogens with zero attached hydrogens (tertiary/aromatic N) is 1. The van der Waals surface area contributed by atoms with Gasteiger partial charge in [0.05, 0.1) is 0 Å². The molecule has 0 bridgehead atoms. The quantitative estimate of drug-likeness (QED) is 0.439. The van der Waals surface area contributed by atoms with E-state index in [0.29, 0.717) is 24.9 Å². The van der Waals surface area contributed by atoms with Crippen LogP contribution in [-0.4, -0.2) is 34.9 Å². The van der Waals surface area contributed by atoms with Crippen molar-refractivity contribution in [3.05, 3.63) is 34.9 Å². The Bertz CT molecular complexity index is 729. The van der Waals surface area contributed by atoms with Crippen LogP contribution in [0.2, 0.25) is 0 Å². The molecule has 2 aliphatic rings. The van der Waals surface area contributed by atoms with Crippen molar-refractivity contribution in [2.45, 2.75) is 64.0 Å². The summed E-state index contributed by atoms with van der Waals surface area (Å²) >= 11 is 0. The van der Waals surface area contributed by atoms with Gasteiger partial charge in [-0.15, -0.1) is 0 Å². The molecule has 6 nitrogen and oxygen atoms in total. The summed E-state index contributed by atoms with van der Waals surface area (Å²) in [6.45, 7) is 0.423. The Morgan fingerprint density at radius 2 is 1.92 bits per heavy atom. The maximum absolute atomic E-state index is 12.8. The van der Waals surface area contributed by atoms with Crippen molar-refractivity contribution in [2.75, 3.05) is 0 Å². The molecular weight excluding hydrogens is 332 g/mol. The van der Waals surface area contributed by atoms with Crippen LogP contribution in [0, 0.1) is 0 Å². The number of benzene rings is 1. The molecule has 26 heavy (non-hydrogen) atoms. The number of fused-ring (bicyclic) bond motifs is 1. The minimum Gasteiger partial charge on any atom is -0.322 e. The predicted octanol–water partition coefficient (Wildman–Crippen LogP) is 2.14. The maximum Gasteiger partial charge on any atom is 0.255 e. The van der Waals surface area contributed by atoms with Crippen molar-refractivity contribution in [1.82, 2.24) is 10.2 Å². The van der Waals surface area contributed by atoms with Gasteiger partial charge in [-0.3, -0.25) is 19.7 Å². The Morgan fingerprint density at radius 1 is 1.12 bits per heavy atom. The van der Waals surface area contributed by atoms with Gasteiger partial charge in [-0.2, -0.15) is 0 Å². The van der Waals surface area contributed by atoms with Crippen LogP contribution in [0.5, 0.6) is 0 Å². The molecule has 1 aromatic carbocycles. The molecule has 1 saturated heterocycles. The second-order valence-corrected chi connectivity index (χ2v) is 7.01. The molecule has 3 amide bonds. The minimum atomic E-state index is -0.561. The Labute approximate surface area is 152 Å². The van der Waals surface area contributed by atoms with Gasteiger partial charge in [-0.05, 0) is 42.9 Å². The number of piperidine rings is 1. The number of hydrogen-bond donors (Lipinski definition) is 1. The van der Waals surface area contributed by atoms with E-state index in [4.69, 9.17) is 0 Å². The summed E-state index contributed by atoms with van der Waals surface area (Å²) in [5.41, 5.74) is 2.74. The fourth-order valence-electron chi connectivity index (χ4n) is 3.67. The predicted molar refractivity (Wildman–Crippen MR) is 95.3 cm³/mol.